The third-order valence-corrected chi connectivity index (χ3v) is 14.3. The van der Waals surface area contributed by atoms with Gasteiger partial charge in [0.1, 0.15) is 0 Å². The van der Waals surface area contributed by atoms with Gasteiger partial charge in [-0.05, 0) is 111 Å². The van der Waals surface area contributed by atoms with Crippen LogP contribution in [0.25, 0.3) is 16.9 Å². The minimum Gasteiger partial charge on any atom is -0.493 e. The van der Waals surface area contributed by atoms with Crippen LogP contribution in [-0.2, 0) is 25.7 Å². The number of allylic oxidation sites excluding steroid dienone is 2. The molecule has 1 aliphatic heterocycles. The summed E-state index contributed by atoms with van der Waals surface area (Å²) in [5.74, 6) is 0. The summed E-state index contributed by atoms with van der Waals surface area (Å²) in [4.78, 5) is 0. The van der Waals surface area contributed by atoms with Crippen molar-refractivity contribution in [1.29, 1.82) is 0 Å². The quantitative estimate of drug-likeness (QED) is 0.0469. The lowest BCUT2D eigenvalue weighted by molar-refractivity contribution is -0.344. The van der Waals surface area contributed by atoms with Crippen LogP contribution in [0.1, 0.15) is 306 Å². The summed E-state index contributed by atoms with van der Waals surface area (Å²) >= 11 is 0. The Morgan fingerprint density at radius 2 is 0.562 bits per heavy atom. The molecule has 0 spiro atoms. The maximum Gasteiger partial charge on any atom is 0.210 e. The Bertz CT molecular complexity index is 1540. The summed E-state index contributed by atoms with van der Waals surface area (Å²) in [5.41, 5.74) is 23.8. The van der Waals surface area contributed by atoms with Crippen molar-refractivity contribution in [2.24, 2.45) is 0 Å². The molecular formula is C62H104N2. The Balaban J connectivity index is 1.56. The second-order valence-electron chi connectivity index (χ2n) is 20.5. The monoisotopic (exact) mass is 877 g/mol. The molecule has 3 rings (SSSR count). The van der Waals surface area contributed by atoms with E-state index in [4.69, 9.17) is 0 Å². The molecule has 0 aliphatic carbocycles. The van der Waals surface area contributed by atoms with Crippen LogP contribution < -0.4 is 0 Å². The average Bonchev–Trinajstić information content (AvgIpc) is 3.64. The number of aryl methyl sites for hydroxylation is 4. The molecule has 0 amide bonds. The zero-order chi connectivity index (χ0) is 45.7. The van der Waals surface area contributed by atoms with E-state index >= 15 is 0 Å². The fraction of sp³-hybridized carbons (Fsp3) is 0.742. The first kappa shape index (κ1) is 55.8. The van der Waals surface area contributed by atoms with Gasteiger partial charge >= 0.3 is 0 Å². The largest absolute Gasteiger partial charge is 0.493 e. The van der Waals surface area contributed by atoms with Gasteiger partial charge in [-0.1, -0.05) is 246 Å². The summed E-state index contributed by atoms with van der Waals surface area (Å²) in [7, 11) is 0. The molecule has 2 aromatic rings. The van der Waals surface area contributed by atoms with Crippen molar-refractivity contribution in [1.82, 2.24) is 0 Å². The Hall–Kier alpha value is -2.48. The first-order chi connectivity index (χ1) is 31.5. The topological polar surface area (TPSA) is 25.3 Å². The molecule has 0 saturated carbocycles. The van der Waals surface area contributed by atoms with E-state index in [2.05, 4.69) is 77.1 Å². The molecular weight excluding hydrogens is 773 g/mol. The Morgan fingerprint density at radius 1 is 0.297 bits per heavy atom. The van der Waals surface area contributed by atoms with Gasteiger partial charge in [0.2, 0.25) is 11.4 Å². The predicted molar refractivity (Wildman–Crippen MR) is 285 cm³/mol. The molecule has 0 saturated heterocycles. The normalized spacial score (nSPS) is 12.9. The highest BCUT2D eigenvalue weighted by molar-refractivity contribution is 5.79. The van der Waals surface area contributed by atoms with E-state index in [0.717, 1.165) is 56.3 Å². The zero-order valence-corrected chi connectivity index (χ0v) is 43.4. The number of hydrogen-bond acceptors (Lipinski definition) is 0. The lowest BCUT2D eigenvalue weighted by Crippen LogP contribution is -2.05. The fourth-order valence-corrected chi connectivity index (χ4v) is 10.2. The Labute approximate surface area is 399 Å². The van der Waals surface area contributed by atoms with Crippen molar-refractivity contribution < 1.29 is 4.70 Å². The van der Waals surface area contributed by atoms with Crippen molar-refractivity contribution in [2.75, 3.05) is 0 Å². The van der Waals surface area contributed by atoms with Crippen LogP contribution in [0.15, 0.2) is 48.0 Å². The van der Waals surface area contributed by atoms with Crippen molar-refractivity contribution in [3.05, 3.63) is 87.0 Å². The van der Waals surface area contributed by atoms with E-state index in [9.17, 15) is 5.53 Å². The molecule has 0 radical (unpaired) electrons. The van der Waals surface area contributed by atoms with Crippen molar-refractivity contribution in [2.45, 2.75) is 298 Å². The lowest BCUT2D eigenvalue weighted by Gasteiger charge is -2.15. The van der Waals surface area contributed by atoms with Crippen LogP contribution in [0.4, 0.5) is 0 Å². The molecule has 0 bridgehead atoms. The Morgan fingerprint density at radius 3 is 0.891 bits per heavy atom. The summed E-state index contributed by atoms with van der Waals surface area (Å²) in [6.45, 7) is 11.5. The molecule has 0 aromatic heterocycles. The number of hydrogen-bond donors (Lipinski definition) is 0. The van der Waals surface area contributed by atoms with Crippen LogP contribution in [0, 0.1) is 0 Å². The van der Waals surface area contributed by atoms with E-state index in [1.54, 1.807) is 4.70 Å². The minimum absolute atomic E-state index is 0.972. The van der Waals surface area contributed by atoms with E-state index in [-0.39, 0.29) is 0 Å². The fourth-order valence-electron chi connectivity index (χ4n) is 10.2. The third-order valence-electron chi connectivity index (χ3n) is 14.3. The second kappa shape index (κ2) is 37.6. The highest BCUT2D eigenvalue weighted by Gasteiger charge is 2.29. The lowest BCUT2D eigenvalue weighted by atomic mass is 9.95. The molecule has 0 atom stereocenters. The molecule has 0 fully saturated rings. The number of rotatable bonds is 43. The SMILES string of the molecule is CCCCCCCCCCCCCCCCCc1cc(CCCC)cc(C2=CC(CCCC)=C(c3cc(CCCC)cc(CCCCCCCCCCCCCCCCC)c3)[N+]2=[N-])c1. The second-order valence-corrected chi connectivity index (χ2v) is 20.5. The smallest absolute Gasteiger partial charge is 0.210 e. The number of nitrogens with zero attached hydrogens (tertiary/aromatic N) is 2. The maximum atomic E-state index is 12.3. The molecule has 1 aliphatic rings. The van der Waals surface area contributed by atoms with Crippen LogP contribution in [0.5, 0.6) is 0 Å². The summed E-state index contributed by atoms with van der Waals surface area (Å²) in [6.07, 6.45) is 57.0. The molecule has 64 heavy (non-hydrogen) atoms. The average molecular weight is 878 g/mol. The van der Waals surface area contributed by atoms with Gasteiger partial charge in [0, 0.05) is 22.8 Å². The van der Waals surface area contributed by atoms with Crippen molar-refractivity contribution >= 4 is 11.4 Å². The molecule has 0 N–H and O–H groups in total. The van der Waals surface area contributed by atoms with Crippen molar-refractivity contribution in [3.63, 3.8) is 0 Å². The molecule has 362 valence electrons. The van der Waals surface area contributed by atoms with E-state index in [1.165, 1.54) is 257 Å². The highest BCUT2D eigenvalue weighted by atomic mass is 15.2. The van der Waals surface area contributed by atoms with Gasteiger partial charge in [0.15, 0.2) is 0 Å². The molecule has 2 heteroatoms. The summed E-state index contributed by atoms with van der Waals surface area (Å²) in [6, 6.07) is 14.6. The van der Waals surface area contributed by atoms with Gasteiger partial charge in [0.25, 0.3) is 0 Å². The molecule has 1 heterocycles. The predicted octanol–water partition coefficient (Wildman–Crippen LogP) is 21.2. The first-order valence-corrected chi connectivity index (χ1v) is 28.7. The van der Waals surface area contributed by atoms with E-state index in [0.29, 0.717) is 0 Å². The summed E-state index contributed by atoms with van der Waals surface area (Å²) < 4.78 is 1.59. The van der Waals surface area contributed by atoms with Crippen molar-refractivity contribution in [3.8, 4) is 0 Å². The number of unbranched alkanes of at least 4 members (excludes halogenated alkanes) is 31. The maximum absolute atomic E-state index is 12.3. The van der Waals surface area contributed by atoms with Gasteiger partial charge in [-0.2, -0.15) is 0 Å². The molecule has 0 unspecified atom stereocenters. The van der Waals surface area contributed by atoms with Gasteiger partial charge < -0.3 is 5.53 Å². The van der Waals surface area contributed by atoms with E-state index in [1.807, 2.05) is 0 Å². The van der Waals surface area contributed by atoms with Gasteiger partial charge in [-0.15, -0.1) is 0 Å². The van der Waals surface area contributed by atoms with Crippen LogP contribution in [-0.4, -0.2) is 4.70 Å². The minimum atomic E-state index is 0.972. The first-order valence-electron chi connectivity index (χ1n) is 28.7. The van der Waals surface area contributed by atoms with Crippen LogP contribution in [0.3, 0.4) is 0 Å². The van der Waals surface area contributed by atoms with E-state index < -0.39 is 0 Å². The zero-order valence-electron chi connectivity index (χ0n) is 43.4. The van der Waals surface area contributed by atoms with Gasteiger partial charge in [0.05, 0.1) is 0 Å². The van der Waals surface area contributed by atoms with Gasteiger partial charge in [-0.25, -0.2) is 4.70 Å². The summed E-state index contributed by atoms with van der Waals surface area (Å²) in [5, 5.41) is 0. The third kappa shape index (κ3) is 24.3. The highest BCUT2D eigenvalue weighted by Crippen LogP contribution is 2.39. The number of benzene rings is 2. The molecule has 2 nitrogen and oxygen atoms in total. The van der Waals surface area contributed by atoms with Gasteiger partial charge in [-0.3, -0.25) is 0 Å². The Kier molecular flexibility index (Phi) is 32.8. The molecule has 2 aromatic carbocycles. The van der Waals surface area contributed by atoms with Crippen LogP contribution in [0.2, 0.25) is 0 Å². The standard InChI is InChI=1S/C62H104N2/c1-6-11-16-18-20-22-24-26-28-30-32-34-36-38-40-44-56-47-54(42-13-8-3)49-59(50-56)61-53-58(46-15-10-5)62(64(61)63)60-51-55(43-14-9-4)48-57(52-60)45-41-39-37-35-33-31-29-27-25-23-21-19-17-12-7-2/h47-53H,6-46H2,1-5H3. The van der Waals surface area contributed by atoms with Crippen LogP contribution >= 0.6 is 0 Å².